The van der Waals surface area contributed by atoms with Crippen molar-refractivity contribution in [2.45, 2.75) is 13.0 Å². The molecule has 1 unspecified atom stereocenters. The Morgan fingerprint density at radius 2 is 1.92 bits per heavy atom. The van der Waals surface area contributed by atoms with Crippen LogP contribution in [0, 0.1) is 0 Å². The Kier molecular flexibility index (Phi) is 10.9. The fourth-order valence-corrected chi connectivity index (χ4v) is 2.12. The maximum Gasteiger partial charge on any atom is 0.414 e. The number of carbonyl (C=O) groups excluding carboxylic acids is 1. The molecule has 0 aromatic heterocycles. The topological polar surface area (TPSA) is 125 Å². The Balaban J connectivity index is 0.000000823. The van der Waals surface area contributed by atoms with E-state index in [2.05, 4.69) is 33.1 Å². The molecule has 0 heterocycles. The molecule has 25 heavy (non-hydrogen) atoms. The Bertz CT molecular complexity index is 609. The first kappa shape index (κ1) is 22.6. The van der Waals surface area contributed by atoms with Crippen LogP contribution in [0.1, 0.15) is 18.5 Å². The van der Waals surface area contributed by atoms with Gasteiger partial charge in [-0.3, -0.25) is 4.79 Å². The Labute approximate surface area is 154 Å². The molecular weight excluding hydrogens is 396 g/mol. The van der Waals surface area contributed by atoms with E-state index in [9.17, 15) is 4.79 Å². The maximum atomic E-state index is 11.5. The fraction of sp³-hybridized carbons (Fsp3) is 0.312. The van der Waals surface area contributed by atoms with Crippen molar-refractivity contribution in [3.63, 3.8) is 0 Å². The van der Waals surface area contributed by atoms with Crippen LogP contribution in [0.25, 0.3) is 0 Å². The largest absolute Gasteiger partial charge is 0.496 e. The fourth-order valence-electron chi connectivity index (χ4n) is 1.56. The summed E-state index contributed by atoms with van der Waals surface area (Å²) in [5.41, 5.74) is 1.09. The summed E-state index contributed by atoms with van der Waals surface area (Å²) < 4.78 is 6.08. The second-order valence-electron chi connectivity index (χ2n) is 4.70. The number of methoxy groups -OCH3 is 1. The summed E-state index contributed by atoms with van der Waals surface area (Å²) >= 11 is 3.45. The van der Waals surface area contributed by atoms with E-state index in [1.54, 1.807) is 13.2 Å². The molecule has 0 bridgehead atoms. The predicted octanol–water partition coefficient (Wildman–Crippen LogP) is 1.57. The second-order valence-corrected chi connectivity index (χ2v) is 5.55. The molecule has 0 spiro atoms. The van der Waals surface area contributed by atoms with Gasteiger partial charge in [-0.25, -0.2) is 9.59 Å². The number of rotatable bonds is 7. The van der Waals surface area contributed by atoms with Crippen molar-refractivity contribution in [2.24, 2.45) is 0 Å². The number of hydrogen-bond donors (Lipinski definition) is 4. The molecule has 0 aliphatic carbocycles. The summed E-state index contributed by atoms with van der Waals surface area (Å²) in [4.78, 5) is 29.7. The third kappa shape index (κ3) is 9.48. The summed E-state index contributed by atoms with van der Waals surface area (Å²) in [5.74, 6) is -2.90. The molecule has 138 valence electrons. The van der Waals surface area contributed by atoms with E-state index in [0.717, 1.165) is 15.8 Å². The van der Waals surface area contributed by atoms with Crippen LogP contribution in [0.15, 0.2) is 35.3 Å². The van der Waals surface area contributed by atoms with Gasteiger partial charge in [-0.2, -0.15) is 0 Å². The number of ether oxygens (including phenoxy) is 1. The Morgan fingerprint density at radius 1 is 1.32 bits per heavy atom. The van der Waals surface area contributed by atoms with Gasteiger partial charge < -0.3 is 25.6 Å². The molecule has 0 saturated carbocycles. The summed E-state index contributed by atoms with van der Waals surface area (Å²) in [7, 11) is 1.63. The minimum absolute atomic E-state index is 0.0423. The molecule has 4 N–H and O–H groups in total. The zero-order valence-corrected chi connectivity index (χ0v) is 15.5. The molecule has 0 saturated heterocycles. The Hall–Kier alpha value is -2.39. The summed E-state index contributed by atoms with van der Waals surface area (Å²) in [5, 5.41) is 20.7. The number of halogens is 1. The van der Waals surface area contributed by atoms with E-state index in [-0.39, 0.29) is 18.5 Å². The van der Waals surface area contributed by atoms with Crippen LogP contribution in [0.5, 0.6) is 5.75 Å². The van der Waals surface area contributed by atoms with Gasteiger partial charge in [0, 0.05) is 12.6 Å². The first-order valence-electron chi connectivity index (χ1n) is 7.13. The minimum Gasteiger partial charge on any atom is -0.496 e. The molecule has 0 aliphatic heterocycles. The lowest BCUT2D eigenvalue weighted by Crippen LogP contribution is -2.35. The second kappa shape index (κ2) is 12.0. The number of carboxylic acid groups (broad SMARTS) is 2. The molecule has 8 nitrogen and oxygen atoms in total. The average molecular weight is 417 g/mol. The standard InChI is InChI=1S/C14H19BrN2O2.C2H2O4/c1-4-7-16-14(18)9-17-10(2)11-5-6-13(19-3)12(15)8-11;3-1(4)2(5)6/h4-6,8,10,17H,1,7,9H2,2-3H3,(H,16,18);(H,3,4)(H,5,6). The highest BCUT2D eigenvalue weighted by molar-refractivity contribution is 9.10. The molecular formula is C16H21BrN2O6. The molecule has 0 aliphatic rings. The number of benzene rings is 1. The van der Waals surface area contributed by atoms with Crippen LogP contribution in [0.2, 0.25) is 0 Å². The lowest BCUT2D eigenvalue weighted by molar-refractivity contribution is -0.159. The molecule has 1 atom stereocenters. The zero-order valence-electron chi connectivity index (χ0n) is 13.9. The third-order valence-electron chi connectivity index (χ3n) is 2.87. The number of aliphatic carboxylic acids is 2. The summed E-state index contributed by atoms with van der Waals surface area (Å²) in [6, 6.07) is 5.94. The lowest BCUT2D eigenvalue weighted by Gasteiger charge is -2.15. The van der Waals surface area contributed by atoms with Gasteiger partial charge >= 0.3 is 11.9 Å². The van der Waals surface area contributed by atoms with Gasteiger partial charge in [-0.1, -0.05) is 12.1 Å². The number of nitrogens with one attached hydrogen (secondary N) is 2. The quantitative estimate of drug-likeness (QED) is 0.392. The Morgan fingerprint density at radius 3 is 2.36 bits per heavy atom. The molecule has 1 aromatic carbocycles. The molecule has 1 amide bonds. The van der Waals surface area contributed by atoms with Gasteiger partial charge in [-0.15, -0.1) is 6.58 Å². The molecule has 1 aromatic rings. The normalized spacial score (nSPS) is 10.7. The minimum atomic E-state index is -1.82. The number of carbonyl (C=O) groups is 3. The molecule has 9 heteroatoms. The zero-order chi connectivity index (χ0) is 19.4. The molecule has 0 fully saturated rings. The van der Waals surface area contributed by atoms with Gasteiger partial charge in [0.15, 0.2) is 0 Å². The van der Waals surface area contributed by atoms with Crippen molar-refractivity contribution in [3.8, 4) is 5.75 Å². The first-order chi connectivity index (χ1) is 11.7. The van der Waals surface area contributed by atoms with Crippen LogP contribution in [0.4, 0.5) is 0 Å². The van der Waals surface area contributed by atoms with Crippen molar-refractivity contribution in [1.82, 2.24) is 10.6 Å². The summed E-state index contributed by atoms with van der Waals surface area (Å²) in [6.07, 6.45) is 1.65. The smallest absolute Gasteiger partial charge is 0.414 e. The number of amides is 1. The monoisotopic (exact) mass is 416 g/mol. The van der Waals surface area contributed by atoms with Gasteiger partial charge in [-0.05, 0) is 40.5 Å². The highest BCUT2D eigenvalue weighted by Gasteiger charge is 2.09. The van der Waals surface area contributed by atoms with E-state index in [1.165, 1.54) is 0 Å². The van der Waals surface area contributed by atoms with Crippen molar-refractivity contribution in [3.05, 3.63) is 40.9 Å². The van der Waals surface area contributed by atoms with Crippen LogP contribution < -0.4 is 15.4 Å². The highest BCUT2D eigenvalue weighted by atomic mass is 79.9. The van der Waals surface area contributed by atoms with E-state index in [1.807, 2.05) is 25.1 Å². The van der Waals surface area contributed by atoms with Gasteiger partial charge in [0.2, 0.25) is 5.91 Å². The van der Waals surface area contributed by atoms with Crippen molar-refractivity contribution >= 4 is 33.8 Å². The van der Waals surface area contributed by atoms with Crippen molar-refractivity contribution < 1.29 is 29.3 Å². The van der Waals surface area contributed by atoms with E-state index >= 15 is 0 Å². The van der Waals surface area contributed by atoms with E-state index in [4.69, 9.17) is 24.5 Å². The predicted molar refractivity (Wildman–Crippen MR) is 95.6 cm³/mol. The van der Waals surface area contributed by atoms with Gasteiger partial charge in [0.05, 0.1) is 18.1 Å². The van der Waals surface area contributed by atoms with Crippen LogP contribution in [-0.2, 0) is 14.4 Å². The first-order valence-corrected chi connectivity index (χ1v) is 7.92. The number of carboxylic acids is 2. The maximum absolute atomic E-state index is 11.5. The lowest BCUT2D eigenvalue weighted by atomic mass is 10.1. The van der Waals surface area contributed by atoms with Crippen molar-refractivity contribution in [1.29, 1.82) is 0 Å². The van der Waals surface area contributed by atoms with E-state index < -0.39 is 11.9 Å². The average Bonchev–Trinajstić information content (AvgIpc) is 2.58. The highest BCUT2D eigenvalue weighted by Crippen LogP contribution is 2.27. The van der Waals surface area contributed by atoms with Crippen LogP contribution in [0.3, 0.4) is 0 Å². The SMILES string of the molecule is C=CCNC(=O)CNC(C)c1ccc(OC)c(Br)c1.O=C(O)C(=O)O. The van der Waals surface area contributed by atoms with Crippen LogP contribution in [-0.4, -0.2) is 48.3 Å². The summed E-state index contributed by atoms with van der Waals surface area (Å²) in [6.45, 7) is 6.32. The van der Waals surface area contributed by atoms with E-state index in [0.29, 0.717) is 6.54 Å². The van der Waals surface area contributed by atoms with Gasteiger partial charge in [0.1, 0.15) is 5.75 Å². The van der Waals surface area contributed by atoms with Gasteiger partial charge in [0.25, 0.3) is 0 Å². The molecule has 1 rings (SSSR count). The molecule has 0 radical (unpaired) electrons. The van der Waals surface area contributed by atoms with Crippen molar-refractivity contribution in [2.75, 3.05) is 20.2 Å². The van der Waals surface area contributed by atoms with Crippen LogP contribution >= 0.6 is 15.9 Å². The third-order valence-corrected chi connectivity index (χ3v) is 3.49. The number of hydrogen-bond acceptors (Lipinski definition) is 5.